The molecule has 1 fully saturated rings. The number of primary amides is 1. The van der Waals surface area contributed by atoms with E-state index in [1.54, 1.807) is 0 Å². The average Bonchev–Trinajstić information content (AvgIpc) is 3.14. The number of halogens is 1. The molecule has 5 N–H and O–H groups in total. The number of anilines is 2. The maximum atomic E-state index is 13.7. The standard InChI is InChI=1S/C17H22FN5O/c1-9(2)23-4-3-10(8-23)13(7-19)17-21-14-6-11(18)5-12(16(20)24)15(14)22-17/h5-7,9-10,19,21-22H,3-4,8H2,1-2H3,(H2,20,24)/b17-13+,19-7?. The van der Waals surface area contributed by atoms with Crippen LogP contribution in [-0.2, 0) is 0 Å². The van der Waals surface area contributed by atoms with Crippen LogP contribution in [0.3, 0.4) is 0 Å². The number of hydrogen-bond acceptors (Lipinski definition) is 5. The minimum Gasteiger partial charge on any atom is -0.366 e. The Bertz CT molecular complexity index is 728. The van der Waals surface area contributed by atoms with E-state index in [1.807, 2.05) is 0 Å². The molecule has 128 valence electrons. The first kappa shape index (κ1) is 16.4. The first-order chi connectivity index (χ1) is 11.4. The fourth-order valence-corrected chi connectivity index (χ4v) is 3.37. The number of rotatable bonds is 4. The van der Waals surface area contributed by atoms with E-state index in [2.05, 4.69) is 29.4 Å². The summed E-state index contributed by atoms with van der Waals surface area (Å²) in [6, 6.07) is 2.90. The van der Waals surface area contributed by atoms with E-state index in [-0.39, 0.29) is 11.5 Å². The third-order valence-corrected chi connectivity index (χ3v) is 4.71. The number of fused-ring (bicyclic) bond motifs is 1. The summed E-state index contributed by atoms with van der Waals surface area (Å²) in [7, 11) is 0. The number of nitrogens with two attached hydrogens (primary N) is 1. The van der Waals surface area contributed by atoms with Crippen molar-refractivity contribution in [2.75, 3.05) is 23.7 Å². The largest absolute Gasteiger partial charge is 0.366 e. The fraction of sp³-hybridized carbons (Fsp3) is 0.412. The summed E-state index contributed by atoms with van der Waals surface area (Å²) in [6.45, 7) is 6.18. The van der Waals surface area contributed by atoms with Gasteiger partial charge in [-0.2, -0.15) is 0 Å². The van der Waals surface area contributed by atoms with E-state index in [0.29, 0.717) is 23.2 Å². The van der Waals surface area contributed by atoms with Gasteiger partial charge in [0.25, 0.3) is 5.91 Å². The lowest BCUT2D eigenvalue weighted by Crippen LogP contribution is -2.28. The van der Waals surface area contributed by atoms with Crippen molar-refractivity contribution in [1.82, 2.24) is 4.90 Å². The van der Waals surface area contributed by atoms with Gasteiger partial charge in [-0.15, -0.1) is 0 Å². The topological polar surface area (TPSA) is 94.2 Å². The molecule has 1 aromatic rings. The van der Waals surface area contributed by atoms with Crippen molar-refractivity contribution < 1.29 is 9.18 Å². The number of nitrogens with zero attached hydrogens (tertiary/aromatic N) is 1. The molecule has 1 saturated heterocycles. The molecular weight excluding hydrogens is 309 g/mol. The SMILES string of the molecule is CC(C)N1CCC(/C(C=N)=C2\Nc3cc(F)cc(C(N)=O)c3N2)C1. The first-order valence-electron chi connectivity index (χ1n) is 8.06. The van der Waals surface area contributed by atoms with Crippen LogP contribution >= 0.6 is 0 Å². The van der Waals surface area contributed by atoms with E-state index in [4.69, 9.17) is 11.1 Å². The monoisotopic (exact) mass is 331 g/mol. The number of likely N-dealkylation sites (tertiary alicyclic amines) is 1. The number of benzene rings is 1. The van der Waals surface area contributed by atoms with Crippen LogP contribution in [0, 0.1) is 17.1 Å². The zero-order chi connectivity index (χ0) is 17.4. The van der Waals surface area contributed by atoms with Crippen molar-refractivity contribution in [2.45, 2.75) is 26.3 Å². The van der Waals surface area contributed by atoms with Gasteiger partial charge in [0, 0.05) is 30.3 Å². The van der Waals surface area contributed by atoms with Crippen LogP contribution in [0.1, 0.15) is 30.6 Å². The molecule has 24 heavy (non-hydrogen) atoms. The minimum absolute atomic E-state index is 0.104. The van der Waals surface area contributed by atoms with Gasteiger partial charge in [-0.05, 0) is 38.9 Å². The van der Waals surface area contributed by atoms with Crippen LogP contribution in [0.15, 0.2) is 23.5 Å². The molecule has 3 rings (SSSR count). The lowest BCUT2D eigenvalue weighted by Gasteiger charge is -2.21. The van der Waals surface area contributed by atoms with Crippen LogP contribution in [0.2, 0.25) is 0 Å². The maximum absolute atomic E-state index is 13.7. The Morgan fingerprint density at radius 3 is 2.79 bits per heavy atom. The molecule has 0 aromatic heterocycles. The molecule has 2 aliphatic rings. The van der Waals surface area contributed by atoms with Gasteiger partial charge in [0.2, 0.25) is 0 Å². The van der Waals surface area contributed by atoms with Gasteiger partial charge < -0.3 is 26.7 Å². The van der Waals surface area contributed by atoms with Crippen molar-refractivity contribution in [1.29, 1.82) is 5.41 Å². The molecule has 0 bridgehead atoms. The Hall–Kier alpha value is -2.41. The Balaban J connectivity index is 1.92. The maximum Gasteiger partial charge on any atom is 0.250 e. The predicted molar refractivity (Wildman–Crippen MR) is 92.8 cm³/mol. The third-order valence-electron chi connectivity index (χ3n) is 4.71. The van der Waals surface area contributed by atoms with Crippen molar-refractivity contribution >= 4 is 23.5 Å². The molecule has 1 unspecified atom stereocenters. The third kappa shape index (κ3) is 2.87. The Morgan fingerprint density at radius 1 is 1.46 bits per heavy atom. The van der Waals surface area contributed by atoms with E-state index in [1.165, 1.54) is 12.3 Å². The summed E-state index contributed by atoms with van der Waals surface area (Å²) in [5.74, 6) is -0.370. The highest BCUT2D eigenvalue weighted by molar-refractivity contribution is 6.04. The van der Waals surface area contributed by atoms with Crippen molar-refractivity contribution in [3.8, 4) is 0 Å². The average molecular weight is 331 g/mol. The molecule has 1 aromatic carbocycles. The second-order valence-electron chi connectivity index (χ2n) is 6.54. The zero-order valence-corrected chi connectivity index (χ0v) is 13.8. The number of hydrogen-bond donors (Lipinski definition) is 4. The van der Waals surface area contributed by atoms with Crippen LogP contribution in [0.5, 0.6) is 0 Å². The summed E-state index contributed by atoms with van der Waals surface area (Å²) >= 11 is 0. The second kappa shape index (κ2) is 6.24. The van der Waals surface area contributed by atoms with Crippen molar-refractivity contribution in [2.24, 2.45) is 11.7 Å². The summed E-state index contributed by atoms with van der Waals surface area (Å²) in [4.78, 5) is 13.9. The number of carbonyl (C=O) groups is 1. The van der Waals surface area contributed by atoms with Gasteiger partial charge in [-0.1, -0.05) is 0 Å². The summed E-state index contributed by atoms with van der Waals surface area (Å²) < 4.78 is 13.7. The molecule has 1 atom stereocenters. The highest BCUT2D eigenvalue weighted by atomic mass is 19.1. The van der Waals surface area contributed by atoms with Crippen LogP contribution in [0.25, 0.3) is 0 Å². The smallest absolute Gasteiger partial charge is 0.250 e. The molecular formula is C17H22FN5O. The Labute approximate surface area is 140 Å². The van der Waals surface area contributed by atoms with Crippen molar-refractivity contribution in [3.63, 3.8) is 0 Å². The second-order valence-corrected chi connectivity index (χ2v) is 6.54. The van der Waals surface area contributed by atoms with Crippen LogP contribution < -0.4 is 16.4 Å². The van der Waals surface area contributed by atoms with Gasteiger partial charge in [0.1, 0.15) is 11.6 Å². The summed E-state index contributed by atoms with van der Waals surface area (Å²) in [5.41, 5.74) is 7.21. The first-order valence-corrected chi connectivity index (χ1v) is 8.06. The molecule has 0 radical (unpaired) electrons. The number of amides is 1. The van der Waals surface area contributed by atoms with E-state index >= 15 is 0 Å². The van der Waals surface area contributed by atoms with Gasteiger partial charge in [-0.25, -0.2) is 4.39 Å². The molecule has 0 saturated carbocycles. The van der Waals surface area contributed by atoms with Crippen LogP contribution in [0.4, 0.5) is 15.8 Å². The summed E-state index contributed by atoms with van der Waals surface area (Å²) in [5, 5.41) is 14.0. The molecule has 0 spiro atoms. The van der Waals surface area contributed by atoms with Gasteiger partial charge >= 0.3 is 0 Å². The lowest BCUT2D eigenvalue weighted by atomic mass is 9.99. The molecule has 0 aliphatic carbocycles. The van der Waals surface area contributed by atoms with Crippen molar-refractivity contribution in [3.05, 3.63) is 34.9 Å². The Morgan fingerprint density at radius 2 is 2.21 bits per heavy atom. The van der Waals surface area contributed by atoms with Crippen LogP contribution in [-0.4, -0.2) is 36.2 Å². The molecule has 1 amide bonds. The predicted octanol–water partition coefficient (Wildman–Crippen LogP) is 2.35. The zero-order valence-electron chi connectivity index (χ0n) is 13.8. The van der Waals surface area contributed by atoms with E-state index < -0.39 is 11.7 Å². The molecule has 2 heterocycles. The lowest BCUT2D eigenvalue weighted by molar-refractivity contribution is 0.100. The number of nitrogens with one attached hydrogen (secondary N) is 3. The quantitative estimate of drug-likeness (QED) is 0.637. The molecule has 2 aliphatic heterocycles. The number of carbonyl (C=O) groups excluding carboxylic acids is 1. The highest BCUT2D eigenvalue weighted by Gasteiger charge is 2.31. The fourth-order valence-electron chi connectivity index (χ4n) is 3.37. The van der Waals surface area contributed by atoms with Gasteiger partial charge in [-0.3, -0.25) is 4.79 Å². The highest BCUT2D eigenvalue weighted by Crippen LogP contribution is 2.37. The summed E-state index contributed by atoms with van der Waals surface area (Å²) in [6.07, 6.45) is 2.29. The normalized spacial score (nSPS) is 22.1. The Kier molecular flexibility index (Phi) is 4.28. The van der Waals surface area contributed by atoms with Gasteiger partial charge in [0.15, 0.2) is 0 Å². The molecule has 6 nitrogen and oxygen atoms in total. The minimum atomic E-state index is -0.690. The van der Waals surface area contributed by atoms with E-state index in [0.717, 1.165) is 31.1 Å². The van der Waals surface area contributed by atoms with Gasteiger partial charge in [0.05, 0.1) is 16.9 Å². The molecule has 7 heteroatoms. The van der Waals surface area contributed by atoms with E-state index in [9.17, 15) is 9.18 Å².